The van der Waals surface area contributed by atoms with E-state index in [2.05, 4.69) is 50.9 Å². The largest absolute Gasteiger partial charge is 0.480 e. The van der Waals surface area contributed by atoms with E-state index in [1.165, 1.54) is 17.5 Å². The van der Waals surface area contributed by atoms with Crippen LogP contribution in [0.25, 0.3) is 0 Å². The summed E-state index contributed by atoms with van der Waals surface area (Å²) in [6, 6.07) is 7.39. The molecule has 2 aliphatic rings. The third kappa shape index (κ3) is 3.15. The molecule has 1 aliphatic carbocycles. The Labute approximate surface area is 133 Å². The van der Waals surface area contributed by atoms with Gasteiger partial charge in [0.2, 0.25) is 0 Å². The number of nitrogens with zero attached hydrogens (tertiary/aromatic N) is 2. The predicted octanol–water partition coefficient (Wildman–Crippen LogP) is 2.53. The highest BCUT2D eigenvalue weighted by Gasteiger charge is 2.33. The van der Waals surface area contributed by atoms with E-state index in [1.54, 1.807) is 0 Å². The molecule has 4 nitrogen and oxygen atoms in total. The fourth-order valence-corrected chi connectivity index (χ4v) is 4.02. The number of piperazine rings is 1. The van der Waals surface area contributed by atoms with E-state index in [0.717, 1.165) is 30.5 Å². The van der Waals surface area contributed by atoms with Crippen molar-refractivity contribution in [2.24, 2.45) is 0 Å². The molecular formula is C16H21BrN2O2. The molecule has 1 N–H and O–H groups in total. The molecular weight excluding hydrogens is 332 g/mol. The third-order valence-electron chi connectivity index (χ3n) is 4.73. The second kappa shape index (κ2) is 6.07. The Bertz CT molecular complexity index is 549. The summed E-state index contributed by atoms with van der Waals surface area (Å²) >= 11 is 3.57. The van der Waals surface area contributed by atoms with Crippen LogP contribution >= 0.6 is 15.9 Å². The quantitative estimate of drug-likeness (QED) is 0.907. The number of hydrogen-bond donors (Lipinski definition) is 1. The monoisotopic (exact) mass is 352 g/mol. The molecule has 5 heteroatoms. The van der Waals surface area contributed by atoms with Crippen LogP contribution < -0.4 is 0 Å². The van der Waals surface area contributed by atoms with Gasteiger partial charge in [0, 0.05) is 36.2 Å². The van der Waals surface area contributed by atoms with Gasteiger partial charge in [-0.15, -0.1) is 0 Å². The maximum absolute atomic E-state index is 10.9. The first-order chi connectivity index (χ1) is 10.0. The molecule has 1 aliphatic heterocycles. The summed E-state index contributed by atoms with van der Waals surface area (Å²) in [5, 5.41) is 8.96. The molecule has 21 heavy (non-hydrogen) atoms. The molecule has 3 rings (SSSR count). The van der Waals surface area contributed by atoms with Crippen molar-refractivity contribution in [2.75, 3.05) is 26.2 Å². The van der Waals surface area contributed by atoms with Gasteiger partial charge >= 0.3 is 5.97 Å². The summed E-state index contributed by atoms with van der Waals surface area (Å²) in [6.45, 7) is 5.03. The van der Waals surface area contributed by atoms with Gasteiger partial charge in [-0.1, -0.05) is 22.0 Å². The average molecular weight is 353 g/mol. The summed E-state index contributed by atoms with van der Waals surface area (Å²) in [4.78, 5) is 15.5. The summed E-state index contributed by atoms with van der Waals surface area (Å²) in [5.74, 6) is -0.731. The molecule has 0 bridgehead atoms. The smallest absolute Gasteiger partial charge is 0.317 e. The van der Waals surface area contributed by atoms with Crippen molar-refractivity contribution in [1.29, 1.82) is 0 Å². The number of halogens is 1. The Balaban J connectivity index is 1.71. The van der Waals surface area contributed by atoms with Crippen molar-refractivity contribution in [3.63, 3.8) is 0 Å². The molecule has 1 fully saturated rings. The fourth-order valence-electron chi connectivity index (χ4n) is 3.65. The van der Waals surface area contributed by atoms with Crippen LogP contribution in [0.15, 0.2) is 22.7 Å². The molecule has 1 aromatic carbocycles. The molecule has 1 unspecified atom stereocenters. The average Bonchev–Trinajstić information content (AvgIpc) is 2.83. The van der Waals surface area contributed by atoms with Gasteiger partial charge in [-0.25, -0.2) is 0 Å². The van der Waals surface area contributed by atoms with Gasteiger partial charge in [0.1, 0.15) is 0 Å². The summed E-state index contributed by atoms with van der Waals surface area (Å²) in [7, 11) is 0. The van der Waals surface area contributed by atoms with E-state index in [9.17, 15) is 4.79 Å². The lowest BCUT2D eigenvalue weighted by Crippen LogP contribution is -2.53. The Morgan fingerprint density at radius 1 is 1.43 bits per heavy atom. The van der Waals surface area contributed by atoms with Gasteiger partial charge in [0.15, 0.2) is 0 Å². The highest BCUT2D eigenvalue weighted by molar-refractivity contribution is 9.10. The highest BCUT2D eigenvalue weighted by Crippen LogP contribution is 2.38. The van der Waals surface area contributed by atoms with Gasteiger partial charge in [-0.3, -0.25) is 14.6 Å². The molecule has 0 amide bonds. The van der Waals surface area contributed by atoms with Crippen LogP contribution in [-0.4, -0.2) is 53.1 Å². The molecule has 0 saturated carbocycles. The number of benzene rings is 1. The van der Waals surface area contributed by atoms with Crippen LogP contribution in [0.4, 0.5) is 0 Å². The van der Waals surface area contributed by atoms with Gasteiger partial charge < -0.3 is 5.11 Å². The van der Waals surface area contributed by atoms with E-state index >= 15 is 0 Å². The Hall–Kier alpha value is -0.910. The number of hydrogen-bond acceptors (Lipinski definition) is 3. The molecule has 2 atom stereocenters. The highest BCUT2D eigenvalue weighted by atomic mass is 79.9. The molecule has 0 spiro atoms. The van der Waals surface area contributed by atoms with Crippen molar-refractivity contribution in [3.05, 3.63) is 33.8 Å². The van der Waals surface area contributed by atoms with E-state index in [1.807, 2.05) is 0 Å². The molecule has 1 saturated heterocycles. The van der Waals surface area contributed by atoms with Crippen molar-refractivity contribution < 1.29 is 9.90 Å². The number of carbonyl (C=O) groups is 1. The zero-order chi connectivity index (χ0) is 15.0. The topological polar surface area (TPSA) is 43.8 Å². The number of aryl methyl sites for hydroxylation is 1. The van der Waals surface area contributed by atoms with Crippen LogP contribution in [0.5, 0.6) is 0 Å². The molecule has 0 aromatic heterocycles. The minimum Gasteiger partial charge on any atom is -0.480 e. The minimum absolute atomic E-state index is 0.155. The Kier molecular flexibility index (Phi) is 4.33. The second-order valence-electron chi connectivity index (χ2n) is 6.11. The van der Waals surface area contributed by atoms with E-state index in [4.69, 9.17) is 5.11 Å². The molecule has 114 valence electrons. The SMILES string of the molecule is CC1CN([C@@H]2CCc3ccc(Br)cc32)CCN1CC(=O)O. The zero-order valence-corrected chi connectivity index (χ0v) is 13.8. The standard InChI is InChI=1S/C16H21BrN2O2/c1-11-9-19(7-6-18(11)10-16(20)21)15-5-3-12-2-4-13(17)8-14(12)15/h2,4,8,11,15H,3,5-7,9-10H2,1H3,(H,20,21)/t11?,15-/m1/s1. The summed E-state index contributed by atoms with van der Waals surface area (Å²) < 4.78 is 1.14. The Morgan fingerprint density at radius 3 is 2.95 bits per heavy atom. The van der Waals surface area contributed by atoms with Crippen molar-refractivity contribution in [2.45, 2.75) is 31.8 Å². The van der Waals surface area contributed by atoms with Gasteiger partial charge in [0.25, 0.3) is 0 Å². The van der Waals surface area contributed by atoms with Crippen molar-refractivity contribution in [3.8, 4) is 0 Å². The first-order valence-corrected chi connectivity index (χ1v) is 8.32. The van der Waals surface area contributed by atoms with Crippen LogP contribution in [0, 0.1) is 0 Å². The number of carboxylic acids is 1. The normalized spacial score (nSPS) is 26.8. The van der Waals surface area contributed by atoms with E-state index < -0.39 is 5.97 Å². The molecule has 1 heterocycles. The summed E-state index contributed by atoms with van der Waals surface area (Å²) in [5.41, 5.74) is 2.91. The molecule has 0 radical (unpaired) electrons. The zero-order valence-electron chi connectivity index (χ0n) is 12.3. The van der Waals surface area contributed by atoms with Crippen molar-refractivity contribution in [1.82, 2.24) is 9.80 Å². The number of carboxylic acid groups (broad SMARTS) is 1. The molecule has 1 aromatic rings. The maximum Gasteiger partial charge on any atom is 0.317 e. The lowest BCUT2D eigenvalue weighted by molar-refractivity contribution is -0.139. The lowest BCUT2D eigenvalue weighted by atomic mass is 10.0. The number of fused-ring (bicyclic) bond motifs is 1. The number of aliphatic carboxylic acids is 1. The predicted molar refractivity (Wildman–Crippen MR) is 85.4 cm³/mol. The Morgan fingerprint density at radius 2 is 2.24 bits per heavy atom. The number of rotatable bonds is 3. The van der Waals surface area contributed by atoms with Gasteiger partial charge in [0.05, 0.1) is 6.54 Å². The van der Waals surface area contributed by atoms with E-state index in [-0.39, 0.29) is 6.54 Å². The first kappa shape index (κ1) is 15.0. The summed E-state index contributed by atoms with van der Waals surface area (Å²) in [6.07, 6.45) is 2.33. The lowest BCUT2D eigenvalue weighted by Gasteiger charge is -2.42. The van der Waals surface area contributed by atoms with Gasteiger partial charge in [-0.2, -0.15) is 0 Å². The third-order valence-corrected chi connectivity index (χ3v) is 5.22. The van der Waals surface area contributed by atoms with Crippen LogP contribution in [-0.2, 0) is 11.2 Å². The van der Waals surface area contributed by atoms with Crippen LogP contribution in [0.3, 0.4) is 0 Å². The van der Waals surface area contributed by atoms with E-state index in [0.29, 0.717) is 12.1 Å². The van der Waals surface area contributed by atoms with Gasteiger partial charge in [-0.05, 0) is 43.0 Å². The van der Waals surface area contributed by atoms with Crippen molar-refractivity contribution >= 4 is 21.9 Å². The fraction of sp³-hybridized carbons (Fsp3) is 0.562. The first-order valence-electron chi connectivity index (χ1n) is 7.53. The minimum atomic E-state index is -0.731. The van der Waals surface area contributed by atoms with Crippen LogP contribution in [0.2, 0.25) is 0 Å². The van der Waals surface area contributed by atoms with Crippen LogP contribution in [0.1, 0.15) is 30.5 Å². The maximum atomic E-state index is 10.9. The second-order valence-corrected chi connectivity index (χ2v) is 7.02.